The molecule has 0 radical (unpaired) electrons. The molecule has 182 valence electrons. The van der Waals surface area contributed by atoms with Gasteiger partial charge < -0.3 is 4.74 Å². The first-order valence-electron chi connectivity index (χ1n) is 11.0. The Morgan fingerprint density at radius 3 is 2.28 bits per heavy atom. The number of β-lactam (4-membered cyclic amide) rings is 1. The van der Waals surface area contributed by atoms with Gasteiger partial charge in [-0.15, -0.1) is 0 Å². The predicted octanol–water partition coefficient (Wildman–Crippen LogP) is 4.74. The zero-order valence-electron chi connectivity index (χ0n) is 19.5. The number of carbonyl (C=O) groups excluding carboxylic acids is 3. The summed E-state index contributed by atoms with van der Waals surface area (Å²) < 4.78 is 6.30. The molecule has 2 atom stereocenters. The minimum absolute atomic E-state index is 0.0309. The number of nitro groups is 1. The Balaban J connectivity index is 1.64. The summed E-state index contributed by atoms with van der Waals surface area (Å²) in [4.78, 5) is 53.5. The highest BCUT2D eigenvalue weighted by atomic mass is 79.9. The second kappa shape index (κ2) is 8.56. The molecule has 3 aromatic carbocycles. The summed E-state index contributed by atoms with van der Waals surface area (Å²) in [6.45, 7) is 3.84. The van der Waals surface area contributed by atoms with Crippen LogP contribution in [0.15, 0.2) is 59.1 Å². The Bertz CT molecular complexity index is 1490. The van der Waals surface area contributed by atoms with Gasteiger partial charge in [0.25, 0.3) is 23.4 Å². The van der Waals surface area contributed by atoms with Crippen LogP contribution in [0.1, 0.15) is 43.4 Å². The van der Waals surface area contributed by atoms with Crippen LogP contribution in [0.25, 0.3) is 0 Å². The third kappa shape index (κ3) is 3.48. The molecule has 1 saturated heterocycles. The fourth-order valence-corrected chi connectivity index (χ4v) is 5.31. The van der Waals surface area contributed by atoms with Gasteiger partial charge in [0, 0.05) is 27.9 Å². The topological polar surface area (TPSA) is 110 Å². The Hall–Kier alpha value is -4.05. The summed E-state index contributed by atoms with van der Waals surface area (Å²) in [5.41, 5.74) is 2.78. The standard InChI is InChI=1S/C26H20BrN3O6/c1-13-4-8-20(14(2)10-13)28-22(19-11-15(27)5-9-21(19)36-3)23(26(28)33)29-24(31)17-7-6-16(30(34)35)12-18(17)25(29)32/h4-12,22-23H,1-3H3/t22-,23+/m1/s1. The van der Waals surface area contributed by atoms with Gasteiger partial charge in [-0.2, -0.15) is 0 Å². The molecule has 1 fully saturated rings. The monoisotopic (exact) mass is 549 g/mol. The van der Waals surface area contributed by atoms with E-state index < -0.39 is 34.7 Å². The number of nitro benzene ring substituents is 1. The molecular formula is C26H20BrN3O6. The lowest BCUT2D eigenvalue weighted by Gasteiger charge is -2.50. The van der Waals surface area contributed by atoms with Gasteiger partial charge in [-0.3, -0.25) is 34.3 Å². The third-order valence-corrected chi connectivity index (χ3v) is 7.07. The number of benzene rings is 3. The van der Waals surface area contributed by atoms with Gasteiger partial charge in [-0.05, 0) is 49.7 Å². The van der Waals surface area contributed by atoms with Gasteiger partial charge in [0.2, 0.25) is 0 Å². The molecule has 36 heavy (non-hydrogen) atoms. The maximum atomic E-state index is 13.7. The summed E-state index contributed by atoms with van der Waals surface area (Å²) in [5.74, 6) is -1.35. The van der Waals surface area contributed by atoms with Crippen LogP contribution in [-0.2, 0) is 4.79 Å². The first-order chi connectivity index (χ1) is 17.1. The number of ether oxygens (including phenoxy) is 1. The maximum Gasteiger partial charge on any atom is 0.270 e. The number of aryl methyl sites for hydroxylation is 2. The molecule has 0 N–H and O–H groups in total. The number of rotatable bonds is 5. The quantitative estimate of drug-likeness (QED) is 0.197. The molecule has 0 spiro atoms. The van der Waals surface area contributed by atoms with E-state index in [-0.39, 0.29) is 16.8 Å². The zero-order chi connectivity index (χ0) is 25.9. The molecule has 2 heterocycles. The van der Waals surface area contributed by atoms with E-state index in [1.165, 1.54) is 19.2 Å². The smallest absolute Gasteiger partial charge is 0.270 e. The van der Waals surface area contributed by atoms with Crippen LogP contribution < -0.4 is 9.64 Å². The summed E-state index contributed by atoms with van der Waals surface area (Å²) >= 11 is 3.46. The number of amides is 3. The number of imide groups is 1. The van der Waals surface area contributed by atoms with Crippen molar-refractivity contribution >= 4 is 45.0 Å². The van der Waals surface area contributed by atoms with Gasteiger partial charge >= 0.3 is 0 Å². The van der Waals surface area contributed by atoms with Crippen LogP contribution in [0, 0.1) is 24.0 Å². The first-order valence-corrected chi connectivity index (χ1v) is 11.8. The maximum absolute atomic E-state index is 13.7. The van der Waals surface area contributed by atoms with Crippen LogP contribution in [0.2, 0.25) is 0 Å². The lowest BCUT2D eigenvalue weighted by molar-refractivity contribution is -0.384. The van der Waals surface area contributed by atoms with Crippen LogP contribution in [0.5, 0.6) is 5.75 Å². The number of non-ortho nitro benzene ring substituents is 1. The fourth-order valence-electron chi connectivity index (χ4n) is 4.93. The van der Waals surface area contributed by atoms with Crippen LogP contribution in [0.4, 0.5) is 11.4 Å². The van der Waals surface area contributed by atoms with Crippen molar-refractivity contribution in [3.63, 3.8) is 0 Å². The van der Waals surface area contributed by atoms with Crippen molar-refractivity contribution in [2.45, 2.75) is 25.9 Å². The van der Waals surface area contributed by atoms with Crippen molar-refractivity contribution in [3.8, 4) is 5.75 Å². The summed E-state index contributed by atoms with van der Waals surface area (Å²) in [5, 5.41) is 11.2. The van der Waals surface area contributed by atoms with Crippen molar-refractivity contribution in [3.05, 3.63) is 97.0 Å². The fraction of sp³-hybridized carbons (Fsp3) is 0.192. The van der Waals surface area contributed by atoms with E-state index in [1.54, 1.807) is 23.1 Å². The number of fused-ring (bicyclic) bond motifs is 1. The highest BCUT2D eigenvalue weighted by Crippen LogP contribution is 2.48. The largest absolute Gasteiger partial charge is 0.496 e. The van der Waals surface area contributed by atoms with Gasteiger partial charge in [-0.1, -0.05) is 33.6 Å². The summed E-state index contributed by atoms with van der Waals surface area (Å²) in [7, 11) is 1.50. The van der Waals surface area contributed by atoms with Gasteiger partial charge in [0.05, 0.1) is 29.2 Å². The molecule has 0 bridgehead atoms. The molecule has 9 nitrogen and oxygen atoms in total. The van der Waals surface area contributed by atoms with Crippen LogP contribution in [-0.4, -0.2) is 40.7 Å². The minimum atomic E-state index is -1.15. The molecule has 0 unspecified atom stereocenters. The molecule has 2 aliphatic heterocycles. The second-order valence-corrected chi connectivity index (χ2v) is 9.66. The molecule has 0 saturated carbocycles. The van der Waals surface area contributed by atoms with E-state index in [9.17, 15) is 24.5 Å². The Morgan fingerprint density at radius 2 is 1.61 bits per heavy atom. The van der Waals surface area contributed by atoms with E-state index >= 15 is 0 Å². The highest BCUT2D eigenvalue weighted by Gasteiger charge is 2.58. The lowest BCUT2D eigenvalue weighted by Crippen LogP contribution is -2.67. The van der Waals surface area contributed by atoms with Gasteiger partial charge in [0.1, 0.15) is 11.8 Å². The van der Waals surface area contributed by atoms with E-state index in [0.29, 0.717) is 17.0 Å². The summed E-state index contributed by atoms with van der Waals surface area (Å²) in [6, 6.07) is 12.6. The normalized spacial score (nSPS) is 18.8. The third-order valence-electron chi connectivity index (χ3n) is 6.58. The van der Waals surface area contributed by atoms with Crippen molar-refractivity contribution in [2.75, 3.05) is 12.0 Å². The number of carbonyl (C=O) groups is 3. The molecular weight excluding hydrogens is 530 g/mol. The highest BCUT2D eigenvalue weighted by molar-refractivity contribution is 9.10. The average molecular weight is 550 g/mol. The number of nitrogens with zero attached hydrogens (tertiary/aromatic N) is 3. The van der Waals surface area contributed by atoms with E-state index in [0.717, 1.165) is 26.6 Å². The number of methoxy groups -OCH3 is 1. The number of anilines is 1. The molecule has 0 aromatic heterocycles. The molecule has 3 aromatic rings. The Morgan fingerprint density at radius 1 is 0.889 bits per heavy atom. The molecule has 3 amide bonds. The van der Waals surface area contributed by atoms with E-state index in [4.69, 9.17) is 4.74 Å². The van der Waals surface area contributed by atoms with E-state index in [2.05, 4.69) is 15.9 Å². The molecule has 0 aliphatic carbocycles. The Kier molecular flexibility index (Phi) is 5.63. The Labute approximate surface area is 214 Å². The number of hydrogen-bond donors (Lipinski definition) is 0. The van der Waals surface area contributed by atoms with Crippen molar-refractivity contribution in [1.29, 1.82) is 0 Å². The molecule has 10 heteroatoms. The number of halogens is 1. The lowest BCUT2D eigenvalue weighted by atomic mass is 9.85. The SMILES string of the molecule is COc1ccc(Br)cc1[C@@H]1[C@H](N2C(=O)c3ccc([N+](=O)[O-])cc3C2=O)C(=O)N1c1ccc(C)cc1C. The first kappa shape index (κ1) is 23.7. The average Bonchev–Trinajstić information content (AvgIpc) is 3.08. The molecule has 5 rings (SSSR count). The molecule has 2 aliphatic rings. The predicted molar refractivity (Wildman–Crippen MR) is 134 cm³/mol. The second-order valence-electron chi connectivity index (χ2n) is 8.74. The van der Waals surface area contributed by atoms with Gasteiger partial charge in [0.15, 0.2) is 0 Å². The van der Waals surface area contributed by atoms with Crippen molar-refractivity contribution in [2.24, 2.45) is 0 Å². The zero-order valence-corrected chi connectivity index (χ0v) is 21.1. The summed E-state index contributed by atoms with van der Waals surface area (Å²) in [6.07, 6.45) is 0. The van der Waals surface area contributed by atoms with Crippen LogP contribution in [0.3, 0.4) is 0 Å². The minimum Gasteiger partial charge on any atom is -0.496 e. The van der Waals surface area contributed by atoms with Crippen LogP contribution >= 0.6 is 15.9 Å². The van der Waals surface area contributed by atoms with Crippen molar-refractivity contribution in [1.82, 2.24) is 4.90 Å². The van der Waals surface area contributed by atoms with E-state index in [1.807, 2.05) is 32.0 Å². The number of hydrogen-bond acceptors (Lipinski definition) is 6. The van der Waals surface area contributed by atoms with Gasteiger partial charge in [-0.25, -0.2) is 0 Å². The van der Waals surface area contributed by atoms with Crippen molar-refractivity contribution < 1.29 is 24.0 Å².